The maximum absolute atomic E-state index is 12.4. The fraction of sp³-hybridized carbons (Fsp3) is 0.167. The summed E-state index contributed by atoms with van der Waals surface area (Å²) in [6, 6.07) is 15.7. The van der Waals surface area contributed by atoms with Gasteiger partial charge < -0.3 is 9.88 Å². The molecule has 106 valence electrons. The summed E-state index contributed by atoms with van der Waals surface area (Å²) in [5.41, 5.74) is 3.77. The van der Waals surface area contributed by atoms with Crippen molar-refractivity contribution in [1.29, 1.82) is 0 Å². The summed E-state index contributed by atoms with van der Waals surface area (Å²) in [7, 11) is 1.98. The molecule has 0 bridgehead atoms. The third kappa shape index (κ3) is 2.55. The van der Waals surface area contributed by atoms with Crippen molar-refractivity contribution in [1.82, 2.24) is 4.57 Å². The zero-order chi connectivity index (χ0) is 14.8. The molecule has 0 aliphatic heterocycles. The van der Waals surface area contributed by atoms with Gasteiger partial charge in [-0.1, -0.05) is 31.2 Å². The van der Waals surface area contributed by atoms with Crippen LogP contribution in [0.25, 0.3) is 10.9 Å². The molecule has 0 spiro atoms. The number of aromatic nitrogens is 1. The topological polar surface area (TPSA) is 34.0 Å². The van der Waals surface area contributed by atoms with E-state index in [4.69, 9.17) is 0 Å². The summed E-state index contributed by atoms with van der Waals surface area (Å²) in [5, 5.41) is 4.15. The third-order valence-corrected chi connectivity index (χ3v) is 3.80. The SMILES string of the molecule is CCc1ccccc1NC(=O)c1ccc2ccn(C)c2c1. The molecule has 0 saturated carbocycles. The van der Waals surface area contributed by atoms with Crippen LogP contribution in [0.3, 0.4) is 0 Å². The Morgan fingerprint density at radius 2 is 1.95 bits per heavy atom. The lowest BCUT2D eigenvalue weighted by Gasteiger charge is -2.10. The largest absolute Gasteiger partial charge is 0.351 e. The van der Waals surface area contributed by atoms with E-state index in [1.807, 2.05) is 66.3 Å². The molecule has 0 fully saturated rings. The number of anilines is 1. The average molecular weight is 278 g/mol. The lowest BCUT2D eigenvalue weighted by Crippen LogP contribution is -2.13. The minimum Gasteiger partial charge on any atom is -0.351 e. The van der Waals surface area contributed by atoms with Gasteiger partial charge in [-0.3, -0.25) is 4.79 Å². The van der Waals surface area contributed by atoms with Crippen LogP contribution in [-0.2, 0) is 13.5 Å². The van der Waals surface area contributed by atoms with E-state index in [0.29, 0.717) is 5.56 Å². The predicted molar refractivity (Wildman–Crippen MR) is 86.7 cm³/mol. The Morgan fingerprint density at radius 3 is 2.76 bits per heavy atom. The number of amides is 1. The summed E-state index contributed by atoms with van der Waals surface area (Å²) in [4.78, 5) is 12.4. The Hall–Kier alpha value is -2.55. The second-order valence-corrected chi connectivity index (χ2v) is 5.17. The van der Waals surface area contributed by atoms with Crippen molar-refractivity contribution in [3.05, 3.63) is 65.9 Å². The van der Waals surface area contributed by atoms with Crippen molar-refractivity contribution >= 4 is 22.5 Å². The zero-order valence-electron chi connectivity index (χ0n) is 12.3. The minimum atomic E-state index is -0.0704. The second kappa shape index (κ2) is 5.44. The van der Waals surface area contributed by atoms with Gasteiger partial charge in [-0.15, -0.1) is 0 Å². The van der Waals surface area contributed by atoms with Gasteiger partial charge in [0.2, 0.25) is 0 Å². The number of rotatable bonds is 3. The van der Waals surface area contributed by atoms with E-state index in [-0.39, 0.29) is 5.91 Å². The van der Waals surface area contributed by atoms with Crippen LogP contribution in [0.2, 0.25) is 0 Å². The number of nitrogens with one attached hydrogen (secondary N) is 1. The molecular formula is C18H18N2O. The van der Waals surface area contributed by atoms with Crippen molar-refractivity contribution in [3.8, 4) is 0 Å². The molecule has 1 aromatic heterocycles. The minimum absolute atomic E-state index is 0.0704. The number of benzene rings is 2. The van der Waals surface area contributed by atoms with Crippen LogP contribution in [0.5, 0.6) is 0 Å². The molecule has 3 rings (SSSR count). The van der Waals surface area contributed by atoms with Crippen LogP contribution >= 0.6 is 0 Å². The Labute approximate surface area is 124 Å². The van der Waals surface area contributed by atoms with Crippen LogP contribution in [0.4, 0.5) is 5.69 Å². The standard InChI is InChI=1S/C18H18N2O/c1-3-13-6-4-5-7-16(13)19-18(21)15-9-8-14-10-11-20(2)17(14)12-15/h4-12H,3H2,1-2H3,(H,19,21). The molecule has 0 aliphatic rings. The molecule has 1 heterocycles. The molecule has 3 heteroatoms. The van der Waals surface area contributed by atoms with Gasteiger partial charge >= 0.3 is 0 Å². The maximum Gasteiger partial charge on any atom is 0.255 e. The molecule has 1 N–H and O–H groups in total. The lowest BCUT2D eigenvalue weighted by molar-refractivity contribution is 0.102. The van der Waals surface area contributed by atoms with Crippen LogP contribution in [0, 0.1) is 0 Å². The van der Waals surface area contributed by atoms with Gasteiger partial charge in [0, 0.05) is 30.0 Å². The fourth-order valence-electron chi connectivity index (χ4n) is 2.55. The Bertz CT molecular complexity index is 802. The van der Waals surface area contributed by atoms with Crippen molar-refractivity contribution in [2.24, 2.45) is 7.05 Å². The van der Waals surface area contributed by atoms with Crippen molar-refractivity contribution in [3.63, 3.8) is 0 Å². The van der Waals surface area contributed by atoms with Gasteiger partial charge in [-0.2, -0.15) is 0 Å². The molecule has 0 aliphatic carbocycles. The number of hydrogen-bond acceptors (Lipinski definition) is 1. The highest BCUT2D eigenvalue weighted by atomic mass is 16.1. The highest BCUT2D eigenvalue weighted by Crippen LogP contribution is 2.19. The third-order valence-electron chi connectivity index (χ3n) is 3.80. The number of carbonyl (C=O) groups excluding carboxylic acids is 1. The molecule has 21 heavy (non-hydrogen) atoms. The smallest absolute Gasteiger partial charge is 0.255 e. The van der Waals surface area contributed by atoms with Crippen LogP contribution < -0.4 is 5.32 Å². The van der Waals surface area contributed by atoms with Gasteiger partial charge in [0.05, 0.1) is 0 Å². The van der Waals surface area contributed by atoms with Crippen LogP contribution in [0.15, 0.2) is 54.7 Å². The maximum atomic E-state index is 12.4. The van der Waals surface area contributed by atoms with Gasteiger partial charge in [0.1, 0.15) is 0 Å². The first-order chi connectivity index (χ1) is 10.2. The normalized spacial score (nSPS) is 10.8. The molecule has 0 radical (unpaired) electrons. The highest BCUT2D eigenvalue weighted by molar-refractivity contribution is 6.06. The number of carbonyl (C=O) groups is 1. The van der Waals surface area contributed by atoms with Gasteiger partial charge in [0.25, 0.3) is 5.91 Å². The predicted octanol–water partition coefficient (Wildman–Crippen LogP) is 3.99. The van der Waals surface area contributed by atoms with E-state index in [0.717, 1.165) is 28.6 Å². The van der Waals surface area contributed by atoms with E-state index >= 15 is 0 Å². The number of para-hydroxylation sites is 1. The molecule has 0 saturated heterocycles. The number of nitrogens with zero attached hydrogens (tertiary/aromatic N) is 1. The monoisotopic (exact) mass is 278 g/mol. The molecule has 3 aromatic rings. The molecule has 1 amide bonds. The molecule has 2 aromatic carbocycles. The summed E-state index contributed by atoms with van der Waals surface area (Å²) < 4.78 is 2.02. The molecular weight excluding hydrogens is 260 g/mol. The van der Waals surface area contributed by atoms with Gasteiger partial charge in [-0.25, -0.2) is 0 Å². The molecule has 0 atom stereocenters. The zero-order valence-corrected chi connectivity index (χ0v) is 12.3. The number of aryl methyl sites for hydroxylation is 2. The van der Waals surface area contributed by atoms with E-state index < -0.39 is 0 Å². The van der Waals surface area contributed by atoms with Crippen molar-refractivity contribution in [2.75, 3.05) is 5.32 Å². The van der Waals surface area contributed by atoms with Crippen LogP contribution in [-0.4, -0.2) is 10.5 Å². The van der Waals surface area contributed by atoms with Crippen LogP contribution in [0.1, 0.15) is 22.8 Å². The van der Waals surface area contributed by atoms with E-state index in [9.17, 15) is 4.79 Å². The van der Waals surface area contributed by atoms with Crippen molar-refractivity contribution in [2.45, 2.75) is 13.3 Å². The second-order valence-electron chi connectivity index (χ2n) is 5.17. The Kier molecular flexibility index (Phi) is 3.48. The first-order valence-corrected chi connectivity index (χ1v) is 7.13. The number of fused-ring (bicyclic) bond motifs is 1. The van der Waals surface area contributed by atoms with Gasteiger partial charge in [-0.05, 0) is 41.6 Å². The van der Waals surface area contributed by atoms with E-state index in [2.05, 4.69) is 12.2 Å². The summed E-state index contributed by atoms with van der Waals surface area (Å²) in [6.45, 7) is 2.08. The quantitative estimate of drug-likeness (QED) is 0.772. The Morgan fingerprint density at radius 1 is 1.14 bits per heavy atom. The summed E-state index contributed by atoms with van der Waals surface area (Å²) in [6.07, 6.45) is 2.89. The summed E-state index contributed by atoms with van der Waals surface area (Å²) >= 11 is 0. The van der Waals surface area contributed by atoms with E-state index in [1.165, 1.54) is 0 Å². The first kappa shape index (κ1) is 13.4. The fourth-order valence-corrected chi connectivity index (χ4v) is 2.55. The Balaban J connectivity index is 1.91. The highest BCUT2D eigenvalue weighted by Gasteiger charge is 2.09. The number of hydrogen-bond donors (Lipinski definition) is 1. The average Bonchev–Trinajstić information content (AvgIpc) is 2.88. The van der Waals surface area contributed by atoms with Crippen molar-refractivity contribution < 1.29 is 4.79 Å². The molecule has 3 nitrogen and oxygen atoms in total. The van der Waals surface area contributed by atoms with Gasteiger partial charge in [0.15, 0.2) is 0 Å². The molecule has 0 unspecified atom stereocenters. The lowest BCUT2D eigenvalue weighted by atomic mass is 10.1. The summed E-state index contributed by atoms with van der Waals surface area (Å²) in [5.74, 6) is -0.0704. The van der Waals surface area contributed by atoms with E-state index in [1.54, 1.807) is 0 Å². The first-order valence-electron chi connectivity index (χ1n) is 7.13.